The van der Waals surface area contributed by atoms with Gasteiger partial charge in [-0.3, -0.25) is 4.79 Å². The molecule has 1 N–H and O–H groups in total. The summed E-state index contributed by atoms with van der Waals surface area (Å²) in [5.41, 5.74) is 3.02. The van der Waals surface area contributed by atoms with E-state index in [0.29, 0.717) is 28.0 Å². The zero-order valence-electron chi connectivity index (χ0n) is 14.1. The van der Waals surface area contributed by atoms with E-state index in [1.54, 1.807) is 33.5 Å². The highest BCUT2D eigenvalue weighted by Gasteiger charge is 2.14. The molecule has 0 bridgehead atoms. The highest BCUT2D eigenvalue weighted by molar-refractivity contribution is 5.86. The molecule has 1 aromatic heterocycles. The first kappa shape index (κ1) is 15.9. The molecule has 0 aliphatic heterocycles. The quantitative estimate of drug-likeness (QED) is 0.797. The molecule has 0 atom stereocenters. The van der Waals surface area contributed by atoms with E-state index in [9.17, 15) is 4.79 Å². The van der Waals surface area contributed by atoms with Crippen molar-refractivity contribution in [2.24, 2.45) is 0 Å². The van der Waals surface area contributed by atoms with Crippen molar-refractivity contribution in [1.29, 1.82) is 0 Å². The topological polar surface area (TPSA) is 60.6 Å². The third-order valence-electron chi connectivity index (χ3n) is 4.12. The van der Waals surface area contributed by atoms with Crippen molar-refractivity contribution >= 4 is 10.9 Å². The highest BCUT2D eigenvalue weighted by Crippen LogP contribution is 2.32. The lowest BCUT2D eigenvalue weighted by atomic mass is 10.0. The monoisotopic (exact) mass is 325 g/mol. The van der Waals surface area contributed by atoms with Crippen molar-refractivity contribution in [3.05, 3.63) is 52.2 Å². The fourth-order valence-electron chi connectivity index (χ4n) is 2.76. The van der Waals surface area contributed by atoms with E-state index in [4.69, 9.17) is 14.2 Å². The second-order valence-electron chi connectivity index (χ2n) is 5.44. The van der Waals surface area contributed by atoms with Gasteiger partial charge in [-0.15, -0.1) is 0 Å². The van der Waals surface area contributed by atoms with Crippen LogP contribution in [0.15, 0.2) is 41.2 Å². The summed E-state index contributed by atoms with van der Waals surface area (Å²) >= 11 is 0. The summed E-state index contributed by atoms with van der Waals surface area (Å²) in [6.07, 6.45) is 0. The number of H-pyrrole nitrogens is 1. The maximum absolute atomic E-state index is 12.8. The largest absolute Gasteiger partial charge is 0.497 e. The van der Waals surface area contributed by atoms with Gasteiger partial charge in [0.15, 0.2) is 16.9 Å². The zero-order valence-corrected chi connectivity index (χ0v) is 14.1. The van der Waals surface area contributed by atoms with Gasteiger partial charge in [-0.1, -0.05) is 0 Å². The molecule has 1 heterocycles. The fourth-order valence-corrected chi connectivity index (χ4v) is 2.76. The van der Waals surface area contributed by atoms with Crippen molar-refractivity contribution in [2.45, 2.75) is 6.92 Å². The normalized spacial score (nSPS) is 10.7. The molecule has 0 aliphatic carbocycles. The number of ether oxygens (including phenoxy) is 3. The first-order valence-electron chi connectivity index (χ1n) is 7.52. The van der Waals surface area contributed by atoms with Crippen molar-refractivity contribution in [1.82, 2.24) is 4.98 Å². The molecule has 0 aliphatic rings. The number of nitrogens with one attached hydrogen (secondary N) is 1. The van der Waals surface area contributed by atoms with Crippen LogP contribution < -0.4 is 19.6 Å². The smallest absolute Gasteiger partial charge is 0.193 e. The average Bonchev–Trinajstić information content (AvgIpc) is 2.63. The van der Waals surface area contributed by atoms with Gasteiger partial charge in [0.25, 0.3) is 0 Å². The Morgan fingerprint density at radius 1 is 0.875 bits per heavy atom. The summed E-state index contributed by atoms with van der Waals surface area (Å²) in [6.45, 7) is 1.81. The van der Waals surface area contributed by atoms with Crippen LogP contribution in [-0.2, 0) is 0 Å². The Labute approximate surface area is 139 Å². The maximum atomic E-state index is 12.8. The molecule has 5 heteroatoms. The van der Waals surface area contributed by atoms with Crippen LogP contribution in [-0.4, -0.2) is 26.3 Å². The van der Waals surface area contributed by atoms with Crippen LogP contribution in [0.3, 0.4) is 0 Å². The number of aromatic nitrogens is 1. The predicted molar refractivity (Wildman–Crippen MR) is 94.4 cm³/mol. The highest BCUT2D eigenvalue weighted by atomic mass is 16.5. The van der Waals surface area contributed by atoms with Gasteiger partial charge >= 0.3 is 0 Å². The SMILES string of the molecule is COc1ccc(-c2[nH]c3cc(OC)c(OC)cc3c(=O)c2C)cc1. The number of pyridine rings is 1. The number of hydrogen-bond acceptors (Lipinski definition) is 4. The van der Waals surface area contributed by atoms with Gasteiger partial charge in [-0.2, -0.15) is 0 Å². The lowest BCUT2D eigenvalue weighted by Gasteiger charge is -2.12. The van der Waals surface area contributed by atoms with Gasteiger partial charge in [0.1, 0.15) is 5.75 Å². The molecule has 0 unspecified atom stereocenters. The second kappa shape index (κ2) is 6.28. The molecule has 124 valence electrons. The predicted octanol–water partition coefficient (Wildman–Crippen LogP) is 3.53. The molecule has 0 saturated heterocycles. The lowest BCUT2D eigenvalue weighted by molar-refractivity contribution is 0.356. The van der Waals surface area contributed by atoms with Gasteiger partial charge in [0, 0.05) is 17.0 Å². The molecule has 3 aromatic rings. The molecule has 0 amide bonds. The Morgan fingerprint density at radius 2 is 1.50 bits per heavy atom. The first-order chi connectivity index (χ1) is 11.6. The summed E-state index contributed by atoms with van der Waals surface area (Å²) in [5, 5.41) is 0.572. The van der Waals surface area contributed by atoms with Gasteiger partial charge in [0.2, 0.25) is 0 Å². The lowest BCUT2D eigenvalue weighted by Crippen LogP contribution is -2.10. The Bertz CT molecular complexity index is 942. The number of rotatable bonds is 4. The van der Waals surface area contributed by atoms with Crippen molar-refractivity contribution < 1.29 is 14.2 Å². The zero-order chi connectivity index (χ0) is 17.3. The minimum Gasteiger partial charge on any atom is -0.497 e. The van der Waals surface area contributed by atoms with E-state index in [0.717, 1.165) is 17.0 Å². The Morgan fingerprint density at radius 3 is 2.08 bits per heavy atom. The maximum Gasteiger partial charge on any atom is 0.193 e. The summed E-state index contributed by atoms with van der Waals surface area (Å²) in [6, 6.07) is 11.1. The van der Waals surface area contributed by atoms with Crippen LogP contribution in [0, 0.1) is 6.92 Å². The Hall–Kier alpha value is -2.95. The summed E-state index contributed by atoms with van der Waals surface area (Å²) in [4.78, 5) is 16.1. The molecule has 0 saturated carbocycles. The Kier molecular flexibility index (Phi) is 4.16. The minimum atomic E-state index is -0.0319. The van der Waals surface area contributed by atoms with E-state index in [1.807, 2.05) is 31.2 Å². The van der Waals surface area contributed by atoms with Crippen molar-refractivity contribution in [2.75, 3.05) is 21.3 Å². The second-order valence-corrected chi connectivity index (χ2v) is 5.44. The first-order valence-corrected chi connectivity index (χ1v) is 7.52. The molecule has 0 radical (unpaired) electrons. The van der Waals surface area contributed by atoms with Crippen LogP contribution >= 0.6 is 0 Å². The van der Waals surface area contributed by atoms with E-state index in [1.165, 1.54) is 0 Å². The number of hydrogen-bond donors (Lipinski definition) is 1. The fraction of sp³-hybridized carbons (Fsp3) is 0.211. The van der Waals surface area contributed by atoms with E-state index < -0.39 is 0 Å². The minimum absolute atomic E-state index is 0.0319. The van der Waals surface area contributed by atoms with Gasteiger partial charge in [0.05, 0.1) is 32.5 Å². The number of methoxy groups -OCH3 is 3. The van der Waals surface area contributed by atoms with Crippen molar-refractivity contribution in [3.63, 3.8) is 0 Å². The van der Waals surface area contributed by atoms with Gasteiger partial charge < -0.3 is 19.2 Å². The van der Waals surface area contributed by atoms with Crippen LogP contribution in [0.5, 0.6) is 17.2 Å². The summed E-state index contributed by atoms with van der Waals surface area (Å²) in [5.74, 6) is 1.88. The molecule has 3 rings (SSSR count). The van der Waals surface area contributed by atoms with Gasteiger partial charge in [-0.05, 0) is 42.8 Å². The molecule has 24 heavy (non-hydrogen) atoms. The number of aromatic amines is 1. The summed E-state index contributed by atoms with van der Waals surface area (Å²) in [7, 11) is 4.74. The molecule has 0 fully saturated rings. The third-order valence-corrected chi connectivity index (χ3v) is 4.12. The van der Waals surface area contributed by atoms with Crippen LogP contribution in [0.2, 0.25) is 0 Å². The van der Waals surface area contributed by atoms with Crippen LogP contribution in [0.1, 0.15) is 5.56 Å². The molecular formula is C19H19NO4. The van der Waals surface area contributed by atoms with Gasteiger partial charge in [-0.25, -0.2) is 0 Å². The molecule has 5 nitrogen and oxygen atoms in total. The van der Waals surface area contributed by atoms with E-state index in [2.05, 4.69) is 4.98 Å². The van der Waals surface area contributed by atoms with E-state index in [-0.39, 0.29) is 5.43 Å². The molecule has 2 aromatic carbocycles. The third kappa shape index (κ3) is 2.58. The standard InChI is InChI=1S/C19H19NO4/c1-11-18(12-5-7-13(22-2)8-6-12)20-15-10-17(24-4)16(23-3)9-14(15)19(11)21/h5-10H,1-4H3,(H,20,21). The van der Waals surface area contributed by atoms with Crippen LogP contribution in [0.4, 0.5) is 0 Å². The van der Waals surface area contributed by atoms with Crippen LogP contribution in [0.25, 0.3) is 22.2 Å². The average molecular weight is 325 g/mol. The number of benzene rings is 2. The summed E-state index contributed by atoms with van der Waals surface area (Å²) < 4.78 is 15.8. The molecule has 0 spiro atoms. The van der Waals surface area contributed by atoms with Crippen molar-refractivity contribution in [3.8, 4) is 28.5 Å². The number of fused-ring (bicyclic) bond motifs is 1. The van der Waals surface area contributed by atoms with E-state index >= 15 is 0 Å². The Balaban J connectivity index is 2.26. The molecular weight excluding hydrogens is 306 g/mol.